The average Bonchev–Trinajstić information content (AvgIpc) is 2.67. The van der Waals surface area contributed by atoms with Gasteiger partial charge in [-0.25, -0.2) is 4.79 Å². The third-order valence-electron chi connectivity index (χ3n) is 4.14. The molecule has 1 saturated heterocycles. The van der Waals surface area contributed by atoms with Crippen molar-refractivity contribution in [2.45, 2.75) is 6.61 Å². The molecule has 3 rings (SSSR count). The molecule has 5 heteroatoms. The third kappa shape index (κ3) is 3.93. The van der Waals surface area contributed by atoms with Gasteiger partial charge in [0.1, 0.15) is 12.9 Å². The molecule has 1 heterocycles. The van der Waals surface area contributed by atoms with E-state index in [0.29, 0.717) is 25.3 Å². The first kappa shape index (κ1) is 16.1. The summed E-state index contributed by atoms with van der Waals surface area (Å²) in [5, 5.41) is 0. The minimum atomic E-state index is -0.269. The molecule has 0 radical (unpaired) electrons. The molecule has 5 nitrogen and oxygen atoms in total. The molecule has 0 aliphatic carbocycles. The number of piperazine rings is 1. The van der Waals surface area contributed by atoms with Gasteiger partial charge in [-0.2, -0.15) is 0 Å². The molecule has 0 aromatic heterocycles. The maximum atomic E-state index is 12.1. The van der Waals surface area contributed by atoms with Crippen molar-refractivity contribution in [2.24, 2.45) is 0 Å². The number of amides is 1. The summed E-state index contributed by atoms with van der Waals surface area (Å²) in [4.78, 5) is 26.8. The Morgan fingerprint density at radius 3 is 2.25 bits per heavy atom. The molecule has 2 aromatic rings. The molecule has 0 bridgehead atoms. The lowest BCUT2D eigenvalue weighted by Crippen LogP contribution is -2.48. The minimum absolute atomic E-state index is 0.269. The Kier molecular flexibility index (Phi) is 5.11. The van der Waals surface area contributed by atoms with Crippen LogP contribution in [0.4, 0.5) is 10.5 Å². The molecule has 0 N–H and O–H groups in total. The highest BCUT2D eigenvalue weighted by molar-refractivity contribution is 5.75. The van der Waals surface area contributed by atoms with Crippen molar-refractivity contribution in [1.29, 1.82) is 0 Å². The maximum Gasteiger partial charge on any atom is 0.410 e. The lowest BCUT2D eigenvalue weighted by molar-refractivity contribution is 0.0941. The van der Waals surface area contributed by atoms with Crippen LogP contribution in [-0.2, 0) is 11.3 Å². The predicted octanol–water partition coefficient (Wildman–Crippen LogP) is 2.96. The number of hydrogen-bond donors (Lipinski definition) is 0. The number of hydrogen-bond acceptors (Lipinski definition) is 4. The molecule has 1 amide bonds. The van der Waals surface area contributed by atoms with Crippen LogP contribution < -0.4 is 4.90 Å². The molecule has 0 saturated carbocycles. The van der Waals surface area contributed by atoms with E-state index in [-0.39, 0.29) is 6.09 Å². The first-order valence-corrected chi connectivity index (χ1v) is 8.02. The summed E-state index contributed by atoms with van der Waals surface area (Å²) in [5.41, 5.74) is 2.72. The van der Waals surface area contributed by atoms with Crippen LogP contribution in [0.15, 0.2) is 54.6 Å². The lowest BCUT2D eigenvalue weighted by atomic mass is 10.2. The smallest absolute Gasteiger partial charge is 0.410 e. The summed E-state index contributed by atoms with van der Waals surface area (Å²) < 4.78 is 5.37. The van der Waals surface area contributed by atoms with E-state index in [4.69, 9.17) is 4.74 Å². The molecule has 0 spiro atoms. The second-order valence-corrected chi connectivity index (χ2v) is 5.72. The van der Waals surface area contributed by atoms with Crippen molar-refractivity contribution in [1.82, 2.24) is 4.90 Å². The highest BCUT2D eigenvalue weighted by Crippen LogP contribution is 2.17. The van der Waals surface area contributed by atoms with Crippen molar-refractivity contribution in [3.63, 3.8) is 0 Å². The van der Waals surface area contributed by atoms with Crippen LogP contribution in [0.25, 0.3) is 0 Å². The van der Waals surface area contributed by atoms with Gasteiger partial charge < -0.3 is 14.5 Å². The van der Waals surface area contributed by atoms with Crippen molar-refractivity contribution >= 4 is 18.1 Å². The van der Waals surface area contributed by atoms with Crippen molar-refractivity contribution < 1.29 is 14.3 Å². The monoisotopic (exact) mass is 324 g/mol. The van der Waals surface area contributed by atoms with Crippen LogP contribution in [-0.4, -0.2) is 43.5 Å². The number of aldehydes is 1. The Balaban J connectivity index is 1.48. The van der Waals surface area contributed by atoms with E-state index >= 15 is 0 Å². The zero-order chi connectivity index (χ0) is 16.8. The quantitative estimate of drug-likeness (QED) is 0.811. The first-order valence-electron chi connectivity index (χ1n) is 8.02. The highest BCUT2D eigenvalue weighted by atomic mass is 16.6. The molecule has 0 unspecified atom stereocenters. The van der Waals surface area contributed by atoms with Gasteiger partial charge in [0, 0.05) is 37.4 Å². The Hall–Kier alpha value is -2.82. The molecule has 0 atom stereocenters. The summed E-state index contributed by atoms with van der Waals surface area (Å²) >= 11 is 0. The van der Waals surface area contributed by atoms with E-state index in [1.165, 1.54) is 0 Å². The molecule has 124 valence electrons. The van der Waals surface area contributed by atoms with Crippen LogP contribution >= 0.6 is 0 Å². The Labute approximate surface area is 141 Å². The largest absolute Gasteiger partial charge is 0.445 e. The van der Waals surface area contributed by atoms with Gasteiger partial charge in [0.25, 0.3) is 0 Å². The zero-order valence-electron chi connectivity index (χ0n) is 13.4. The number of rotatable bonds is 4. The lowest BCUT2D eigenvalue weighted by Gasteiger charge is -2.35. The van der Waals surface area contributed by atoms with Gasteiger partial charge in [-0.15, -0.1) is 0 Å². The van der Waals surface area contributed by atoms with E-state index < -0.39 is 0 Å². The number of carbonyl (C=O) groups is 2. The molecular formula is C19H20N2O3. The van der Waals surface area contributed by atoms with Crippen LogP contribution in [0.5, 0.6) is 0 Å². The van der Waals surface area contributed by atoms with E-state index in [0.717, 1.165) is 30.6 Å². The zero-order valence-corrected chi connectivity index (χ0v) is 13.4. The Morgan fingerprint density at radius 1 is 0.958 bits per heavy atom. The van der Waals surface area contributed by atoms with E-state index in [2.05, 4.69) is 4.90 Å². The fraction of sp³-hybridized carbons (Fsp3) is 0.263. The van der Waals surface area contributed by atoms with Gasteiger partial charge in [-0.05, 0) is 29.8 Å². The van der Waals surface area contributed by atoms with Crippen molar-refractivity contribution in [2.75, 3.05) is 31.1 Å². The second kappa shape index (κ2) is 7.64. The van der Waals surface area contributed by atoms with Crippen LogP contribution in [0.2, 0.25) is 0 Å². The molecular weight excluding hydrogens is 304 g/mol. The van der Waals surface area contributed by atoms with Crippen LogP contribution in [0.3, 0.4) is 0 Å². The predicted molar refractivity (Wildman–Crippen MR) is 92.2 cm³/mol. The Bertz CT molecular complexity index is 678. The fourth-order valence-corrected chi connectivity index (χ4v) is 2.72. The van der Waals surface area contributed by atoms with E-state index in [1.54, 1.807) is 4.90 Å². The topological polar surface area (TPSA) is 49.9 Å². The van der Waals surface area contributed by atoms with Gasteiger partial charge in [0.05, 0.1) is 0 Å². The summed E-state index contributed by atoms with van der Waals surface area (Å²) in [6.07, 6.45) is 0.569. The number of benzene rings is 2. The molecule has 1 fully saturated rings. The van der Waals surface area contributed by atoms with Crippen LogP contribution in [0.1, 0.15) is 15.9 Å². The van der Waals surface area contributed by atoms with Gasteiger partial charge in [-0.1, -0.05) is 30.3 Å². The molecule has 2 aromatic carbocycles. The van der Waals surface area contributed by atoms with Gasteiger partial charge in [0.2, 0.25) is 0 Å². The van der Waals surface area contributed by atoms with Gasteiger partial charge >= 0.3 is 6.09 Å². The summed E-state index contributed by atoms with van der Waals surface area (Å²) in [6.45, 7) is 3.06. The van der Waals surface area contributed by atoms with Gasteiger partial charge in [0.15, 0.2) is 0 Å². The molecule has 1 aliphatic rings. The average molecular weight is 324 g/mol. The number of nitrogens with zero attached hydrogens (tertiary/aromatic N) is 2. The third-order valence-corrected chi connectivity index (χ3v) is 4.14. The Morgan fingerprint density at radius 2 is 1.62 bits per heavy atom. The van der Waals surface area contributed by atoms with E-state index in [9.17, 15) is 9.59 Å². The SMILES string of the molecule is O=Cc1ccc(N2CCN(C(=O)OCc3ccccc3)CC2)cc1. The van der Waals surface area contributed by atoms with Gasteiger partial charge in [-0.3, -0.25) is 4.79 Å². The normalized spacial score (nSPS) is 14.3. The number of carbonyl (C=O) groups excluding carboxylic acids is 2. The summed E-state index contributed by atoms with van der Waals surface area (Å²) in [5.74, 6) is 0. The number of anilines is 1. The van der Waals surface area contributed by atoms with Crippen LogP contribution in [0, 0.1) is 0 Å². The van der Waals surface area contributed by atoms with E-state index in [1.807, 2.05) is 54.6 Å². The standard InChI is InChI=1S/C19H20N2O3/c22-14-16-6-8-18(9-7-16)20-10-12-21(13-11-20)19(23)24-15-17-4-2-1-3-5-17/h1-9,14H,10-13,15H2. The molecule has 1 aliphatic heterocycles. The fourth-order valence-electron chi connectivity index (χ4n) is 2.72. The summed E-state index contributed by atoms with van der Waals surface area (Å²) in [6, 6.07) is 17.2. The van der Waals surface area contributed by atoms with Crippen molar-refractivity contribution in [3.8, 4) is 0 Å². The van der Waals surface area contributed by atoms with Crippen molar-refractivity contribution in [3.05, 3.63) is 65.7 Å². The highest BCUT2D eigenvalue weighted by Gasteiger charge is 2.22. The summed E-state index contributed by atoms with van der Waals surface area (Å²) in [7, 11) is 0. The first-order chi connectivity index (χ1) is 11.8. The second-order valence-electron chi connectivity index (χ2n) is 5.72. The minimum Gasteiger partial charge on any atom is -0.445 e. The number of ether oxygens (including phenoxy) is 1. The maximum absolute atomic E-state index is 12.1. The molecule has 24 heavy (non-hydrogen) atoms.